The molecule has 3 heterocycles. The smallest absolute Gasteiger partial charge is 0.314 e. The molecule has 29 heavy (non-hydrogen) atoms. The Kier molecular flexibility index (Phi) is 5.44. The molecule has 1 aliphatic rings. The average Bonchev–Trinajstić information content (AvgIpc) is 3.40. The van der Waals surface area contributed by atoms with Crippen molar-refractivity contribution in [2.45, 2.75) is 19.0 Å². The second kappa shape index (κ2) is 8.32. The van der Waals surface area contributed by atoms with Crippen LogP contribution in [-0.4, -0.2) is 39.5 Å². The van der Waals surface area contributed by atoms with Crippen molar-refractivity contribution in [2.75, 3.05) is 18.4 Å². The van der Waals surface area contributed by atoms with Gasteiger partial charge in [0.2, 0.25) is 0 Å². The van der Waals surface area contributed by atoms with Gasteiger partial charge in [-0.05, 0) is 29.7 Å². The first-order valence-electron chi connectivity index (χ1n) is 9.53. The lowest BCUT2D eigenvalue weighted by Gasteiger charge is -2.36. The summed E-state index contributed by atoms with van der Waals surface area (Å²) in [5.41, 5.74) is 3.75. The lowest BCUT2D eigenvalue weighted by Crippen LogP contribution is -2.44. The van der Waals surface area contributed by atoms with Crippen molar-refractivity contribution >= 4 is 17.6 Å². The molecule has 4 rings (SSSR count). The first-order chi connectivity index (χ1) is 14.1. The molecule has 1 aliphatic heterocycles. The molecule has 2 amide bonds. The second-order valence-electron chi connectivity index (χ2n) is 7.10. The van der Waals surface area contributed by atoms with Gasteiger partial charge in [0.15, 0.2) is 5.82 Å². The molecular weight excluding hydrogens is 370 g/mol. The number of nitrogens with one attached hydrogen (secondary N) is 2. The van der Waals surface area contributed by atoms with E-state index in [1.165, 1.54) is 23.5 Å². The maximum Gasteiger partial charge on any atom is 0.314 e. The fraction of sp³-hybridized carbons (Fsp3) is 0.286. The molecule has 150 valence electrons. The second-order valence-corrected chi connectivity index (χ2v) is 7.10. The Labute approximate surface area is 168 Å². The van der Waals surface area contributed by atoms with E-state index >= 15 is 0 Å². The summed E-state index contributed by atoms with van der Waals surface area (Å²) < 4.78 is 6.71. The quantitative estimate of drug-likeness (QED) is 0.646. The Morgan fingerprint density at radius 2 is 1.97 bits per heavy atom. The van der Waals surface area contributed by atoms with Crippen LogP contribution in [0.3, 0.4) is 0 Å². The van der Waals surface area contributed by atoms with Gasteiger partial charge in [-0.25, -0.2) is 0 Å². The van der Waals surface area contributed by atoms with Gasteiger partial charge in [0, 0.05) is 44.6 Å². The fourth-order valence-corrected chi connectivity index (χ4v) is 3.74. The highest BCUT2D eigenvalue weighted by Crippen LogP contribution is 2.27. The number of amides is 2. The van der Waals surface area contributed by atoms with Gasteiger partial charge in [0.25, 0.3) is 0 Å². The van der Waals surface area contributed by atoms with Gasteiger partial charge in [0.05, 0.1) is 6.04 Å². The predicted molar refractivity (Wildman–Crippen MR) is 107 cm³/mol. The van der Waals surface area contributed by atoms with E-state index in [0.29, 0.717) is 6.54 Å². The number of nitrogens with zero attached hydrogens (tertiary/aromatic N) is 3. The third kappa shape index (κ3) is 4.22. The van der Waals surface area contributed by atoms with Crippen LogP contribution in [-0.2, 0) is 29.6 Å². The zero-order valence-electron chi connectivity index (χ0n) is 16.2. The monoisotopic (exact) mass is 393 g/mol. The Morgan fingerprint density at radius 1 is 1.14 bits per heavy atom. The zero-order valence-corrected chi connectivity index (χ0v) is 16.2. The molecule has 2 aromatic heterocycles. The highest BCUT2D eigenvalue weighted by Gasteiger charge is 2.27. The number of rotatable bonds is 5. The Morgan fingerprint density at radius 3 is 2.69 bits per heavy atom. The summed E-state index contributed by atoms with van der Waals surface area (Å²) in [6.07, 6.45) is 4.27. The molecule has 0 radical (unpaired) electrons. The minimum atomic E-state index is -0.770. The minimum Gasteiger partial charge on any atom is -0.363 e. The lowest BCUT2D eigenvalue weighted by molar-refractivity contribution is -0.136. The molecule has 3 aromatic rings. The van der Waals surface area contributed by atoms with Crippen LogP contribution in [0.5, 0.6) is 0 Å². The van der Waals surface area contributed by atoms with Crippen LogP contribution in [0.15, 0.2) is 59.4 Å². The number of fused-ring (bicyclic) bond motifs is 1. The number of aromatic nitrogens is 2. The summed E-state index contributed by atoms with van der Waals surface area (Å²) in [4.78, 5) is 26.7. The van der Waals surface area contributed by atoms with Gasteiger partial charge >= 0.3 is 11.8 Å². The lowest BCUT2D eigenvalue weighted by atomic mass is 9.98. The SMILES string of the molecule is Cn1cccc1[C@@H](CNC(=O)C(=O)Nc1ccon1)N1CCc2ccccc2C1. The van der Waals surface area contributed by atoms with Crippen molar-refractivity contribution in [1.82, 2.24) is 19.9 Å². The number of carbonyl (C=O) groups is 2. The van der Waals surface area contributed by atoms with E-state index < -0.39 is 11.8 Å². The van der Waals surface area contributed by atoms with Crippen molar-refractivity contribution in [2.24, 2.45) is 7.05 Å². The summed E-state index contributed by atoms with van der Waals surface area (Å²) in [5, 5.41) is 8.76. The first kappa shape index (κ1) is 18.9. The van der Waals surface area contributed by atoms with Crippen molar-refractivity contribution in [3.63, 3.8) is 0 Å². The molecule has 0 bridgehead atoms. The van der Waals surface area contributed by atoms with Crippen LogP contribution in [0.4, 0.5) is 5.82 Å². The van der Waals surface area contributed by atoms with Crippen molar-refractivity contribution in [1.29, 1.82) is 0 Å². The number of aryl methyl sites for hydroxylation is 1. The largest absolute Gasteiger partial charge is 0.363 e. The van der Waals surface area contributed by atoms with E-state index in [1.807, 2.05) is 29.9 Å². The number of hydrogen-bond acceptors (Lipinski definition) is 5. The summed E-state index contributed by atoms with van der Waals surface area (Å²) in [7, 11) is 1.99. The van der Waals surface area contributed by atoms with Gasteiger partial charge in [-0.1, -0.05) is 29.4 Å². The fourth-order valence-electron chi connectivity index (χ4n) is 3.74. The van der Waals surface area contributed by atoms with Crippen LogP contribution >= 0.6 is 0 Å². The Hall–Kier alpha value is -3.39. The normalized spacial score (nSPS) is 14.8. The molecule has 0 spiro atoms. The molecule has 1 atom stereocenters. The summed E-state index contributed by atoms with van der Waals surface area (Å²) in [5.74, 6) is -1.27. The molecule has 2 N–H and O–H groups in total. The van der Waals surface area contributed by atoms with Gasteiger partial charge < -0.3 is 14.4 Å². The van der Waals surface area contributed by atoms with Crippen LogP contribution < -0.4 is 10.6 Å². The zero-order chi connectivity index (χ0) is 20.2. The first-order valence-corrected chi connectivity index (χ1v) is 9.53. The van der Waals surface area contributed by atoms with Crippen molar-refractivity contribution < 1.29 is 14.1 Å². The Bertz CT molecular complexity index is 995. The van der Waals surface area contributed by atoms with Crippen molar-refractivity contribution in [3.8, 4) is 0 Å². The number of benzene rings is 1. The summed E-state index contributed by atoms with van der Waals surface area (Å²) >= 11 is 0. The standard InChI is InChI=1S/C21H23N5O3/c1-25-10-4-7-17(25)18(26-11-8-15-5-2-3-6-16(15)14-26)13-22-20(27)21(28)23-19-9-12-29-24-19/h2-7,9-10,12,18H,8,11,13-14H2,1H3,(H,22,27)(H,23,24,28)/t18-/m1/s1. The van der Waals surface area contributed by atoms with E-state index in [1.54, 1.807) is 0 Å². The number of anilines is 1. The predicted octanol–water partition coefficient (Wildman–Crippen LogP) is 1.87. The highest BCUT2D eigenvalue weighted by molar-refractivity contribution is 6.39. The van der Waals surface area contributed by atoms with E-state index in [0.717, 1.165) is 25.2 Å². The maximum absolute atomic E-state index is 12.3. The molecule has 1 aromatic carbocycles. The highest BCUT2D eigenvalue weighted by atomic mass is 16.5. The van der Waals surface area contributed by atoms with E-state index in [9.17, 15) is 9.59 Å². The topological polar surface area (TPSA) is 92.4 Å². The van der Waals surface area contributed by atoms with Crippen LogP contribution in [0.2, 0.25) is 0 Å². The molecule has 0 unspecified atom stereocenters. The molecule has 8 heteroatoms. The number of carbonyl (C=O) groups excluding carboxylic acids is 2. The summed E-state index contributed by atoms with van der Waals surface area (Å²) in [6, 6.07) is 13.9. The molecule has 0 fully saturated rings. The third-order valence-electron chi connectivity index (χ3n) is 5.27. The van der Waals surface area contributed by atoms with Gasteiger partial charge in [0.1, 0.15) is 6.26 Å². The van der Waals surface area contributed by atoms with Crippen LogP contribution in [0, 0.1) is 0 Å². The van der Waals surface area contributed by atoms with Gasteiger partial charge in [-0.15, -0.1) is 0 Å². The average molecular weight is 393 g/mol. The molecular formula is C21H23N5O3. The molecule has 8 nitrogen and oxygen atoms in total. The van der Waals surface area contributed by atoms with Crippen LogP contribution in [0.1, 0.15) is 22.9 Å². The summed E-state index contributed by atoms with van der Waals surface area (Å²) in [6.45, 7) is 2.01. The molecule has 0 aliphatic carbocycles. The van der Waals surface area contributed by atoms with E-state index in [2.05, 4.69) is 49.5 Å². The van der Waals surface area contributed by atoms with Gasteiger partial charge in [-0.3, -0.25) is 19.8 Å². The number of hydrogen-bond donors (Lipinski definition) is 2. The van der Waals surface area contributed by atoms with E-state index in [4.69, 9.17) is 0 Å². The molecule has 0 saturated heterocycles. The van der Waals surface area contributed by atoms with Gasteiger partial charge in [-0.2, -0.15) is 0 Å². The third-order valence-corrected chi connectivity index (χ3v) is 5.27. The Balaban J connectivity index is 1.46. The van der Waals surface area contributed by atoms with E-state index in [-0.39, 0.29) is 11.9 Å². The maximum atomic E-state index is 12.3. The molecule has 0 saturated carbocycles. The minimum absolute atomic E-state index is 0.0489. The van der Waals surface area contributed by atoms with Crippen LogP contribution in [0.25, 0.3) is 0 Å². The van der Waals surface area contributed by atoms with Crippen molar-refractivity contribution in [3.05, 3.63) is 71.7 Å².